The molecular weight excluding hydrogens is 406 g/mol. The van der Waals surface area contributed by atoms with Crippen molar-refractivity contribution in [2.45, 2.75) is 58.8 Å². The zero-order valence-electron chi connectivity index (χ0n) is 18.3. The average molecular weight is 431 g/mol. The number of ketones is 2. The molecule has 0 spiro atoms. The Bertz CT molecular complexity index is 1230. The summed E-state index contributed by atoms with van der Waals surface area (Å²) >= 11 is 0. The second-order valence-electron chi connectivity index (χ2n) is 9.50. The fourth-order valence-corrected chi connectivity index (χ4v) is 4.87. The summed E-state index contributed by atoms with van der Waals surface area (Å²) in [4.78, 5) is 38.5. The predicted octanol–water partition coefficient (Wildman–Crippen LogP) is 4.02. The normalized spacial score (nSPS) is 17.2. The van der Waals surface area contributed by atoms with Crippen molar-refractivity contribution in [3.05, 3.63) is 69.9 Å². The van der Waals surface area contributed by atoms with Crippen molar-refractivity contribution in [1.29, 1.82) is 0 Å². The second-order valence-corrected chi connectivity index (χ2v) is 9.50. The number of hydrogen-bond donors (Lipinski definition) is 0. The topological polar surface area (TPSA) is 95.1 Å². The Kier molecular flexibility index (Phi) is 4.92. The van der Waals surface area contributed by atoms with Crippen LogP contribution in [0.1, 0.15) is 87.0 Å². The number of benzene rings is 1. The van der Waals surface area contributed by atoms with Gasteiger partial charge in [0.05, 0.1) is 28.2 Å². The molecule has 0 N–H and O–H groups in total. The molecule has 0 saturated carbocycles. The maximum atomic E-state index is 13.1. The van der Waals surface area contributed by atoms with Crippen molar-refractivity contribution in [3.8, 4) is 0 Å². The van der Waals surface area contributed by atoms with Crippen LogP contribution >= 0.6 is 0 Å². The van der Waals surface area contributed by atoms with Gasteiger partial charge < -0.3 is 4.52 Å². The molecule has 7 nitrogen and oxygen atoms in total. The van der Waals surface area contributed by atoms with Crippen molar-refractivity contribution in [2.24, 2.45) is 5.41 Å². The van der Waals surface area contributed by atoms with E-state index in [0.29, 0.717) is 84.5 Å². The number of aromatic nitrogens is 3. The van der Waals surface area contributed by atoms with Crippen LogP contribution in [0.25, 0.3) is 0 Å². The van der Waals surface area contributed by atoms with Crippen LogP contribution in [0.5, 0.6) is 0 Å². The van der Waals surface area contributed by atoms with Crippen LogP contribution in [0.15, 0.2) is 34.9 Å². The molecule has 0 aliphatic heterocycles. The summed E-state index contributed by atoms with van der Waals surface area (Å²) in [5.74, 6) is 0.479. The largest absolute Gasteiger partial charge is 0.360 e. The van der Waals surface area contributed by atoms with E-state index < -0.39 is 0 Å². The van der Waals surface area contributed by atoms with Gasteiger partial charge in [0.25, 0.3) is 5.91 Å². The number of Topliss-reactive ketones (excluding diaryl/α,β-unsaturated/α-hetero) is 2. The molecule has 0 fully saturated rings. The molecule has 2 aliphatic rings. The molecule has 3 aromatic rings. The van der Waals surface area contributed by atoms with Crippen molar-refractivity contribution in [3.63, 3.8) is 0 Å². The lowest BCUT2D eigenvalue weighted by molar-refractivity contribution is 0.0898. The molecule has 2 heterocycles. The van der Waals surface area contributed by atoms with E-state index in [1.807, 2.05) is 19.9 Å². The number of nitrogens with zero attached hydrogens (tertiary/aromatic N) is 3. The van der Waals surface area contributed by atoms with Gasteiger partial charge in [0.1, 0.15) is 5.76 Å². The fourth-order valence-electron chi connectivity index (χ4n) is 4.87. The first-order valence-electron chi connectivity index (χ1n) is 11.1. The summed E-state index contributed by atoms with van der Waals surface area (Å²) < 4.78 is 6.89. The van der Waals surface area contributed by atoms with Crippen molar-refractivity contribution in [1.82, 2.24) is 14.9 Å². The summed E-state index contributed by atoms with van der Waals surface area (Å²) in [5.41, 5.74) is 3.43. The van der Waals surface area contributed by atoms with Gasteiger partial charge >= 0.3 is 0 Å². The SMILES string of the molecule is CC1(C)CC(=O)c2c(CCc3nn(C(=O)c4ccccc4)c4c3C(=O)CCC4)noc2C1. The Morgan fingerprint density at radius 2 is 1.75 bits per heavy atom. The maximum Gasteiger partial charge on any atom is 0.278 e. The minimum absolute atomic E-state index is 0.0216. The van der Waals surface area contributed by atoms with Crippen molar-refractivity contribution in [2.75, 3.05) is 0 Å². The molecule has 1 aromatic carbocycles. The van der Waals surface area contributed by atoms with E-state index in [1.54, 1.807) is 24.3 Å². The number of hydrogen-bond acceptors (Lipinski definition) is 6. The van der Waals surface area contributed by atoms with Crippen LogP contribution in [0.2, 0.25) is 0 Å². The zero-order chi connectivity index (χ0) is 22.5. The molecule has 32 heavy (non-hydrogen) atoms. The summed E-state index contributed by atoms with van der Waals surface area (Å²) in [6.45, 7) is 4.09. The molecule has 2 aliphatic carbocycles. The summed E-state index contributed by atoms with van der Waals surface area (Å²) in [6.07, 6.45) is 3.79. The molecule has 5 rings (SSSR count). The molecule has 0 unspecified atom stereocenters. The lowest BCUT2D eigenvalue weighted by Crippen LogP contribution is -2.26. The van der Waals surface area contributed by atoms with Crippen LogP contribution in [0, 0.1) is 5.41 Å². The molecule has 0 amide bonds. The van der Waals surface area contributed by atoms with Crippen LogP contribution < -0.4 is 0 Å². The van der Waals surface area contributed by atoms with Crippen molar-refractivity contribution >= 4 is 17.5 Å². The van der Waals surface area contributed by atoms with Gasteiger partial charge in [-0.25, -0.2) is 0 Å². The van der Waals surface area contributed by atoms with E-state index in [1.165, 1.54) is 4.68 Å². The third kappa shape index (κ3) is 3.51. The number of aryl methyl sites for hydroxylation is 2. The Hall–Kier alpha value is -3.35. The van der Waals surface area contributed by atoms with Crippen LogP contribution in [0.3, 0.4) is 0 Å². The second kappa shape index (κ2) is 7.65. The number of fused-ring (bicyclic) bond motifs is 2. The Labute approximate surface area is 185 Å². The first-order chi connectivity index (χ1) is 15.3. The van der Waals surface area contributed by atoms with Gasteiger partial charge in [-0.05, 0) is 43.2 Å². The Morgan fingerprint density at radius 3 is 2.53 bits per heavy atom. The third-order valence-electron chi connectivity index (χ3n) is 6.35. The minimum Gasteiger partial charge on any atom is -0.360 e. The Balaban J connectivity index is 1.46. The van der Waals surface area contributed by atoms with E-state index in [4.69, 9.17) is 4.52 Å². The van der Waals surface area contributed by atoms with E-state index >= 15 is 0 Å². The van der Waals surface area contributed by atoms with Gasteiger partial charge in [0.2, 0.25) is 0 Å². The highest BCUT2D eigenvalue weighted by Gasteiger charge is 2.36. The molecule has 2 aromatic heterocycles. The fraction of sp³-hybridized carbons (Fsp3) is 0.400. The lowest BCUT2D eigenvalue weighted by Gasteiger charge is -2.26. The Morgan fingerprint density at radius 1 is 1.00 bits per heavy atom. The molecule has 0 atom stereocenters. The third-order valence-corrected chi connectivity index (χ3v) is 6.35. The molecule has 0 radical (unpaired) electrons. The van der Waals surface area contributed by atoms with E-state index in [2.05, 4.69) is 10.3 Å². The molecular formula is C25H25N3O4. The predicted molar refractivity (Wildman–Crippen MR) is 116 cm³/mol. The van der Waals surface area contributed by atoms with Gasteiger partial charge in [0, 0.05) is 24.8 Å². The number of carbonyl (C=O) groups is 3. The first kappa shape index (κ1) is 20.5. The minimum atomic E-state index is -0.237. The summed E-state index contributed by atoms with van der Waals surface area (Å²) in [7, 11) is 0. The monoisotopic (exact) mass is 431 g/mol. The van der Waals surface area contributed by atoms with Gasteiger partial charge in [-0.1, -0.05) is 37.2 Å². The van der Waals surface area contributed by atoms with Crippen molar-refractivity contribution < 1.29 is 18.9 Å². The van der Waals surface area contributed by atoms with E-state index in [-0.39, 0.29) is 22.9 Å². The summed E-state index contributed by atoms with van der Waals surface area (Å²) in [6, 6.07) is 8.96. The maximum absolute atomic E-state index is 13.1. The van der Waals surface area contributed by atoms with Crippen LogP contribution in [0.4, 0.5) is 0 Å². The van der Waals surface area contributed by atoms with Crippen LogP contribution in [-0.2, 0) is 25.7 Å². The number of rotatable bonds is 4. The quantitative estimate of drug-likeness (QED) is 0.619. The highest BCUT2D eigenvalue weighted by atomic mass is 16.5. The van der Waals surface area contributed by atoms with Gasteiger partial charge in [-0.2, -0.15) is 9.78 Å². The zero-order valence-corrected chi connectivity index (χ0v) is 18.3. The first-order valence-corrected chi connectivity index (χ1v) is 11.1. The molecule has 164 valence electrons. The van der Waals surface area contributed by atoms with Gasteiger partial charge in [0.15, 0.2) is 11.6 Å². The highest BCUT2D eigenvalue weighted by molar-refractivity contribution is 6.02. The van der Waals surface area contributed by atoms with Crippen LogP contribution in [-0.4, -0.2) is 32.4 Å². The van der Waals surface area contributed by atoms with E-state index in [9.17, 15) is 14.4 Å². The van der Waals surface area contributed by atoms with Gasteiger partial charge in [-0.3, -0.25) is 14.4 Å². The van der Waals surface area contributed by atoms with Gasteiger partial charge in [-0.15, -0.1) is 0 Å². The molecule has 7 heteroatoms. The molecule has 0 saturated heterocycles. The molecule has 0 bridgehead atoms. The summed E-state index contributed by atoms with van der Waals surface area (Å²) in [5, 5.41) is 8.74. The smallest absolute Gasteiger partial charge is 0.278 e. The highest BCUT2D eigenvalue weighted by Crippen LogP contribution is 2.36. The number of carbonyl (C=O) groups excluding carboxylic acids is 3. The lowest BCUT2D eigenvalue weighted by atomic mass is 9.76. The standard InChI is InChI=1S/C25H25N3O4/c1-25(2)13-20(30)23-17(27-32-21(23)14-25)12-11-16-22-18(9-6-10-19(22)29)28(26-16)24(31)15-7-4-3-5-8-15/h3-5,7-8H,6,9-14H2,1-2H3. The van der Waals surface area contributed by atoms with E-state index in [0.717, 1.165) is 0 Å². The average Bonchev–Trinajstić information content (AvgIpc) is 3.33.